The first kappa shape index (κ1) is 13.4. The van der Waals surface area contributed by atoms with E-state index in [0.717, 1.165) is 23.3 Å². The third kappa shape index (κ3) is 3.16. The first-order valence-corrected chi connectivity index (χ1v) is 6.99. The average molecular weight is 239 g/mol. The summed E-state index contributed by atoms with van der Waals surface area (Å²) in [5.41, 5.74) is 7.88. The fourth-order valence-corrected chi connectivity index (χ4v) is 3.44. The largest absolute Gasteiger partial charge is 0.330 e. The van der Waals surface area contributed by atoms with Crippen LogP contribution in [0.15, 0.2) is 23.1 Å². The third-order valence-corrected chi connectivity index (χ3v) is 4.86. The van der Waals surface area contributed by atoms with Crippen LogP contribution >= 0.6 is 0 Å². The van der Waals surface area contributed by atoms with E-state index in [9.17, 15) is 4.21 Å². The van der Waals surface area contributed by atoms with Crippen LogP contribution in [0.2, 0.25) is 0 Å². The quantitative estimate of drug-likeness (QED) is 0.858. The SMILES string of the molecule is CCC(CCN)S(=O)c1ccc(C)cc1C. The molecule has 0 spiro atoms. The number of hydrogen-bond acceptors (Lipinski definition) is 2. The molecule has 0 heterocycles. The van der Waals surface area contributed by atoms with Crippen molar-refractivity contribution in [2.45, 2.75) is 43.8 Å². The predicted molar refractivity (Wildman–Crippen MR) is 70.1 cm³/mol. The minimum absolute atomic E-state index is 0.186. The Hall–Kier alpha value is -0.670. The zero-order valence-corrected chi connectivity index (χ0v) is 11.1. The van der Waals surface area contributed by atoms with E-state index in [2.05, 4.69) is 19.9 Å². The molecule has 2 atom stereocenters. The highest BCUT2D eigenvalue weighted by Crippen LogP contribution is 2.20. The van der Waals surface area contributed by atoms with Crippen molar-refractivity contribution in [1.82, 2.24) is 0 Å². The van der Waals surface area contributed by atoms with Gasteiger partial charge in [0.2, 0.25) is 0 Å². The Kier molecular flexibility index (Phi) is 5.16. The van der Waals surface area contributed by atoms with Crippen molar-refractivity contribution in [2.24, 2.45) is 5.73 Å². The molecular formula is C13H21NOS. The Morgan fingerprint density at radius 1 is 1.38 bits per heavy atom. The van der Waals surface area contributed by atoms with E-state index >= 15 is 0 Å². The van der Waals surface area contributed by atoms with Gasteiger partial charge in [0.25, 0.3) is 0 Å². The second kappa shape index (κ2) is 6.16. The zero-order valence-electron chi connectivity index (χ0n) is 10.3. The Bertz CT molecular complexity index is 376. The van der Waals surface area contributed by atoms with Gasteiger partial charge < -0.3 is 5.73 Å². The van der Waals surface area contributed by atoms with Gasteiger partial charge in [-0.05, 0) is 44.9 Å². The second-order valence-electron chi connectivity index (χ2n) is 4.17. The topological polar surface area (TPSA) is 43.1 Å². The van der Waals surface area contributed by atoms with Crippen LogP contribution in [0.3, 0.4) is 0 Å². The summed E-state index contributed by atoms with van der Waals surface area (Å²) in [6, 6.07) is 6.09. The van der Waals surface area contributed by atoms with Crippen molar-refractivity contribution >= 4 is 10.8 Å². The van der Waals surface area contributed by atoms with Crippen molar-refractivity contribution in [1.29, 1.82) is 0 Å². The summed E-state index contributed by atoms with van der Waals surface area (Å²) in [7, 11) is -0.921. The Labute approximate surface area is 101 Å². The minimum Gasteiger partial charge on any atom is -0.330 e. The summed E-state index contributed by atoms with van der Waals surface area (Å²) in [5.74, 6) is 0. The molecule has 2 nitrogen and oxygen atoms in total. The molecule has 0 aliphatic carbocycles. The lowest BCUT2D eigenvalue weighted by Crippen LogP contribution is -2.19. The lowest BCUT2D eigenvalue weighted by Gasteiger charge is -2.15. The molecule has 0 saturated heterocycles. The molecule has 0 aliphatic heterocycles. The smallest absolute Gasteiger partial charge is 0.0563 e. The monoisotopic (exact) mass is 239 g/mol. The molecule has 0 amide bonds. The Morgan fingerprint density at radius 3 is 2.56 bits per heavy atom. The molecule has 3 heteroatoms. The molecule has 0 fully saturated rings. The Morgan fingerprint density at radius 2 is 2.06 bits per heavy atom. The molecule has 1 aromatic carbocycles. The maximum absolute atomic E-state index is 12.4. The molecule has 1 aromatic rings. The van der Waals surface area contributed by atoms with E-state index < -0.39 is 10.8 Å². The molecule has 2 unspecified atom stereocenters. The minimum atomic E-state index is -0.921. The van der Waals surface area contributed by atoms with Crippen LogP contribution in [0.5, 0.6) is 0 Å². The zero-order chi connectivity index (χ0) is 12.1. The summed E-state index contributed by atoms with van der Waals surface area (Å²) >= 11 is 0. The van der Waals surface area contributed by atoms with Crippen LogP contribution in [-0.4, -0.2) is 16.0 Å². The molecule has 0 saturated carbocycles. The molecule has 0 radical (unpaired) electrons. The summed E-state index contributed by atoms with van der Waals surface area (Å²) in [5, 5.41) is 0.186. The summed E-state index contributed by atoms with van der Waals surface area (Å²) in [6.07, 6.45) is 1.74. The van der Waals surface area contributed by atoms with Gasteiger partial charge in [-0.1, -0.05) is 24.6 Å². The van der Waals surface area contributed by atoms with Crippen LogP contribution in [-0.2, 0) is 10.8 Å². The molecule has 0 aliphatic rings. The normalized spacial score (nSPS) is 14.8. The van der Waals surface area contributed by atoms with Gasteiger partial charge in [0, 0.05) is 10.1 Å². The number of aryl methyl sites for hydroxylation is 2. The van der Waals surface area contributed by atoms with E-state index in [1.807, 2.05) is 19.1 Å². The van der Waals surface area contributed by atoms with Gasteiger partial charge in [0.1, 0.15) is 0 Å². The molecular weight excluding hydrogens is 218 g/mol. The number of rotatable bonds is 5. The van der Waals surface area contributed by atoms with E-state index in [1.165, 1.54) is 5.56 Å². The van der Waals surface area contributed by atoms with Gasteiger partial charge in [-0.2, -0.15) is 0 Å². The molecule has 90 valence electrons. The fourth-order valence-electron chi connectivity index (χ4n) is 1.85. The summed E-state index contributed by atoms with van der Waals surface area (Å²) in [6.45, 7) is 6.75. The van der Waals surface area contributed by atoms with E-state index in [0.29, 0.717) is 6.54 Å². The first-order chi connectivity index (χ1) is 7.60. The maximum Gasteiger partial charge on any atom is 0.0563 e. The van der Waals surface area contributed by atoms with E-state index in [1.54, 1.807) is 0 Å². The van der Waals surface area contributed by atoms with Crippen molar-refractivity contribution in [3.05, 3.63) is 29.3 Å². The fraction of sp³-hybridized carbons (Fsp3) is 0.538. The molecule has 16 heavy (non-hydrogen) atoms. The highest BCUT2D eigenvalue weighted by atomic mass is 32.2. The molecule has 0 aromatic heterocycles. The lowest BCUT2D eigenvalue weighted by atomic mass is 10.2. The van der Waals surface area contributed by atoms with Crippen molar-refractivity contribution in [3.8, 4) is 0 Å². The standard InChI is InChI=1S/C13H21NOS/c1-4-12(7-8-14)16(15)13-6-5-10(2)9-11(13)3/h5-6,9,12H,4,7-8,14H2,1-3H3. The van der Waals surface area contributed by atoms with Gasteiger partial charge in [0.15, 0.2) is 0 Å². The maximum atomic E-state index is 12.4. The molecule has 1 rings (SSSR count). The lowest BCUT2D eigenvalue weighted by molar-refractivity contribution is 0.650. The van der Waals surface area contributed by atoms with E-state index in [4.69, 9.17) is 5.73 Å². The Balaban J connectivity index is 2.94. The van der Waals surface area contributed by atoms with Gasteiger partial charge in [-0.3, -0.25) is 4.21 Å². The van der Waals surface area contributed by atoms with Crippen molar-refractivity contribution < 1.29 is 4.21 Å². The first-order valence-electron chi connectivity index (χ1n) is 5.78. The van der Waals surface area contributed by atoms with Crippen LogP contribution < -0.4 is 5.73 Å². The molecule has 2 N–H and O–H groups in total. The predicted octanol–water partition coefficient (Wildman–Crippen LogP) is 2.54. The highest BCUT2D eigenvalue weighted by Gasteiger charge is 2.17. The van der Waals surface area contributed by atoms with Crippen LogP contribution in [0.1, 0.15) is 30.9 Å². The second-order valence-corrected chi connectivity index (χ2v) is 5.88. The molecule has 0 bridgehead atoms. The number of hydrogen-bond donors (Lipinski definition) is 1. The average Bonchev–Trinajstić information content (AvgIpc) is 2.25. The third-order valence-electron chi connectivity index (χ3n) is 2.79. The van der Waals surface area contributed by atoms with Gasteiger partial charge >= 0.3 is 0 Å². The van der Waals surface area contributed by atoms with Gasteiger partial charge in [0.05, 0.1) is 10.8 Å². The van der Waals surface area contributed by atoms with Crippen LogP contribution in [0.4, 0.5) is 0 Å². The van der Waals surface area contributed by atoms with Crippen LogP contribution in [0, 0.1) is 13.8 Å². The van der Waals surface area contributed by atoms with Crippen LogP contribution in [0.25, 0.3) is 0 Å². The van der Waals surface area contributed by atoms with E-state index in [-0.39, 0.29) is 5.25 Å². The number of nitrogens with two attached hydrogens (primary N) is 1. The van der Waals surface area contributed by atoms with Gasteiger partial charge in [-0.15, -0.1) is 0 Å². The summed E-state index contributed by atoms with van der Waals surface area (Å²) in [4.78, 5) is 0.964. The highest BCUT2D eigenvalue weighted by molar-refractivity contribution is 7.85. The van der Waals surface area contributed by atoms with Gasteiger partial charge in [-0.25, -0.2) is 0 Å². The number of benzene rings is 1. The summed E-state index contributed by atoms with van der Waals surface area (Å²) < 4.78 is 12.4. The van der Waals surface area contributed by atoms with Crippen molar-refractivity contribution in [3.63, 3.8) is 0 Å². The van der Waals surface area contributed by atoms with Crippen molar-refractivity contribution in [2.75, 3.05) is 6.54 Å².